The first-order chi connectivity index (χ1) is 9.10. The first-order valence-electron chi connectivity index (χ1n) is 7.12. The van der Waals surface area contributed by atoms with Crippen molar-refractivity contribution in [2.24, 2.45) is 5.92 Å². The summed E-state index contributed by atoms with van der Waals surface area (Å²) in [4.78, 5) is 0. The second-order valence-electron chi connectivity index (χ2n) is 5.59. The van der Waals surface area contributed by atoms with E-state index in [1.807, 2.05) is 18.2 Å². The van der Waals surface area contributed by atoms with E-state index in [1.165, 1.54) is 12.8 Å². The van der Waals surface area contributed by atoms with E-state index in [0.717, 1.165) is 35.8 Å². The van der Waals surface area contributed by atoms with Gasteiger partial charge in [0.1, 0.15) is 11.5 Å². The molecular weight excluding hydrogens is 240 g/mol. The van der Waals surface area contributed by atoms with E-state index >= 15 is 0 Å². The van der Waals surface area contributed by atoms with Crippen LogP contribution in [0.25, 0.3) is 0 Å². The third-order valence-corrected chi connectivity index (χ3v) is 3.85. The molecule has 3 nitrogen and oxygen atoms in total. The van der Waals surface area contributed by atoms with E-state index in [0.29, 0.717) is 0 Å². The van der Waals surface area contributed by atoms with Crippen molar-refractivity contribution in [2.45, 2.75) is 51.7 Å². The van der Waals surface area contributed by atoms with Crippen LogP contribution in [0.5, 0.6) is 11.5 Å². The van der Waals surface area contributed by atoms with Gasteiger partial charge in [-0.25, -0.2) is 0 Å². The average Bonchev–Trinajstić information content (AvgIpc) is 2.38. The van der Waals surface area contributed by atoms with Gasteiger partial charge in [0.25, 0.3) is 0 Å². The van der Waals surface area contributed by atoms with Crippen LogP contribution in [0, 0.1) is 5.92 Å². The molecule has 0 aliphatic heterocycles. The van der Waals surface area contributed by atoms with Gasteiger partial charge in [0.2, 0.25) is 0 Å². The van der Waals surface area contributed by atoms with Crippen molar-refractivity contribution in [1.29, 1.82) is 0 Å². The third kappa shape index (κ3) is 3.63. The predicted molar refractivity (Wildman–Crippen MR) is 75.7 cm³/mol. The van der Waals surface area contributed by atoms with E-state index in [4.69, 9.17) is 9.47 Å². The van der Waals surface area contributed by atoms with Crippen molar-refractivity contribution in [1.82, 2.24) is 0 Å². The third-order valence-electron chi connectivity index (χ3n) is 3.85. The van der Waals surface area contributed by atoms with Crippen LogP contribution in [0.2, 0.25) is 0 Å². The summed E-state index contributed by atoms with van der Waals surface area (Å²) < 4.78 is 11.4. The summed E-state index contributed by atoms with van der Waals surface area (Å²) in [5.74, 6) is 2.25. The monoisotopic (exact) mass is 264 g/mol. The Kier molecular flexibility index (Phi) is 4.70. The molecule has 3 atom stereocenters. The highest BCUT2D eigenvalue weighted by Crippen LogP contribution is 2.33. The molecule has 3 heteroatoms. The van der Waals surface area contributed by atoms with Crippen molar-refractivity contribution in [3.63, 3.8) is 0 Å². The van der Waals surface area contributed by atoms with Gasteiger partial charge in [-0.15, -0.1) is 0 Å². The van der Waals surface area contributed by atoms with Crippen LogP contribution in [0.4, 0.5) is 0 Å². The summed E-state index contributed by atoms with van der Waals surface area (Å²) in [7, 11) is 1.64. The van der Waals surface area contributed by atoms with Crippen LogP contribution < -0.4 is 9.47 Å². The first-order valence-corrected chi connectivity index (χ1v) is 7.12. The van der Waals surface area contributed by atoms with Crippen molar-refractivity contribution in [3.8, 4) is 11.5 Å². The molecule has 2 rings (SSSR count). The number of ether oxygens (including phenoxy) is 2. The zero-order valence-corrected chi connectivity index (χ0v) is 12.1. The lowest BCUT2D eigenvalue weighted by Gasteiger charge is -2.28. The molecule has 1 aliphatic carbocycles. The van der Waals surface area contributed by atoms with E-state index in [1.54, 1.807) is 14.0 Å². The molecule has 1 aromatic rings. The topological polar surface area (TPSA) is 38.7 Å². The Hall–Kier alpha value is -1.22. The number of benzene rings is 1. The molecule has 19 heavy (non-hydrogen) atoms. The lowest BCUT2D eigenvalue weighted by Crippen LogP contribution is -2.24. The summed E-state index contributed by atoms with van der Waals surface area (Å²) in [5.41, 5.74) is 0.832. The molecule has 1 aliphatic rings. The van der Waals surface area contributed by atoms with Crippen LogP contribution in [0.15, 0.2) is 18.2 Å². The van der Waals surface area contributed by atoms with E-state index < -0.39 is 6.10 Å². The van der Waals surface area contributed by atoms with Crippen LogP contribution in [-0.2, 0) is 0 Å². The fourth-order valence-electron chi connectivity index (χ4n) is 2.75. The Balaban J connectivity index is 2.16. The normalized spacial score (nSPS) is 24.8. The van der Waals surface area contributed by atoms with Gasteiger partial charge in [-0.1, -0.05) is 13.3 Å². The highest BCUT2D eigenvalue weighted by atomic mass is 16.5. The maximum Gasteiger partial charge on any atom is 0.129 e. The molecule has 106 valence electrons. The molecule has 0 bridgehead atoms. The quantitative estimate of drug-likeness (QED) is 0.901. The number of rotatable bonds is 4. The molecule has 0 heterocycles. The fraction of sp³-hybridized carbons (Fsp3) is 0.625. The lowest BCUT2D eigenvalue weighted by atomic mass is 9.88. The summed E-state index contributed by atoms with van der Waals surface area (Å²) in [5, 5.41) is 9.83. The van der Waals surface area contributed by atoms with Crippen molar-refractivity contribution in [3.05, 3.63) is 23.8 Å². The number of hydrogen-bond acceptors (Lipinski definition) is 3. The summed E-state index contributed by atoms with van der Waals surface area (Å²) in [6.07, 6.45) is 4.44. The minimum atomic E-state index is -0.526. The van der Waals surface area contributed by atoms with Crippen molar-refractivity contribution in [2.75, 3.05) is 7.11 Å². The van der Waals surface area contributed by atoms with Crippen LogP contribution in [-0.4, -0.2) is 18.3 Å². The molecule has 3 unspecified atom stereocenters. The minimum Gasteiger partial charge on any atom is -0.497 e. The van der Waals surface area contributed by atoms with Gasteiger partial charge in [0, 0.05) is 11.6 Å². The molecule has 0 saturated heterocycles. The Labute approximate surface area is 115 Å². The second kappa shape index (κ2) is 6.29. The van der Waals surface area contributed by atoms with Gasteiger partial charge < -0.3 is 14.6 Å². The van der Waals surface area contributed by atoms with Crippen LogP contribution in [0.1, 0.15) is 51.2 Å². The zero-order chi connectivity index (χ0) is 13.8. The van der Waals surface area contributed by atoms with Gasteiger partial charge in [-0.2, -0.15) is 0 Å². The van der Waals surface area contributed by atoms with E-state index in [2.05, 4.69) is 6.92 Å². The van der Waals surface area contributed by atoms with Gasteiger partial charge in [-0.3, -0.25) is 0 Å². The van der Waals surface area contributed by atoms with Gasteiger partial charge in [0.05, 0.1) is 19.3 Å². The highest BCUT2D eigenvalue weighted by molar-refractivity contribution is 5.42. The molecule has 0 amide bonds. The highest BCUT2D eigenvalue weighted by Gasteiger charge is 2.22. The Bertz CT molecular complexity index is 414. The van der Waals surface area contributed by atoms with Gasteiger partial charge >= 0.3 is 0 Å². The molecule has 0 radical (unpaired) electrons. The SMILES string of the molecule is COc1ccc(C(C)O)c(OC2CCCC(C)C2)c1. The standard InChI is InChI=1S/C16H24O3/c1-11-5-4-6-14(9-11)19-16-10-13(18-3)7-8-15(16)12(2)17/h7-8,10-12,14,17H,4-6,9H2,1-3H3. The number of methoxy groups -OCH3 is 1. The van der Waals surface area contributed by atoms with E-state index in [-0.39, 0.29) is 6.10 Å². The average molecular weight is 264 g/mol. The molecular formula is C16H24O3. The maximum absolute atomic E-state index is 9.83. The molecule has 1 N–H and O–H groups in total. The summed E-state index contributed by atoms with van der Waals surface area (Å²) in [6.45, 7) is 4.04. The Morgan fingerprint density at radius 2 is 2.11 bits per heavy atom. The summed E-state index contributed by atoms with van der Waals surface area (Å²) in [6, 6.07) is 5.62. The molecule has 0 aromatic heterocycles. The first kappa shape index (κ1) is 14.2. The molecule has 1 fully saturated rings. The minimum absolute atomic E-state index is 0.258. The zero-order valence-electron chi connectivity index (χ0n) is 12.1. The number of hydrogen-bond donors (Lipinski definition) is 1. The Morgan fingerprint density at radius 1 is 1.32 bits per heavy atom. The smallest absolute Gasteiger partial charge is 0.129 e. The predicted octanol–water partition coefficient (Wildman–Crippen LogP) is 3.71. The number of aliphatic hydroxyl groups is 1. The molecule has 0 spiro atoms. The largest absolute Gasteiger partial charge is 0.497 e. The maximum atomic E-state index is 9.83. The van der Waals surface area contributed by atoms with Crippen LogP contribution in [0.3, 0.4) is 0 Å². The van der Waals surface area contributed by atoms with Crippen molar-refractivity contribution < 1.29 is 14.6 Å². The van der Waals surface area contributed by atoms with Gasteiger partial charge in [0.15, 0.2) is 0 Å². The van der Waals surface area contributed by atoms with Gasteiger partial charge in [-0.05, 0) is 44.2 Å². The Morgan fingerprint density at radius 3 is 2.74 bits per heavy atom. The fourth-order valence-corrected chi connectivity index (χ4v) is 2.75. The molecule has 1 saturated carbocycles. The molecule has 1 aromatic carbocycles. The lowest BCUT2D eigenvalue weighted by molar-refractivity contribution is 0.121. The van der Waals surface area contributed by atoms with Crippen molar-refractivity contribution >= 4 is 0 Å². The summed E-state index contributed by atoms with van der Waals surface area (Å²) >= 11 is 0. The van der Waals surface area contributed by atoms with E-state index in [9.17, 15) is 5.11 Å². The number of aliphatic hydroxyl groups excluding tert-OH is 1. The van der Waals surface area contributed by atoms with Crippen LogP contribution >= 0.6 is 0 Å². The second-order valence-corrected chi connectivity index (χ2v) is 5.59.